The topological polar surface area (TPSA) is 109 Å². The third-order valence-corrected chi connectivity index (χ3v) is 5.77. The van der Waals surface area contributed by atoms with Crippen LogP contribution in [0.1, 0.15) is 41.4 Å². The molecule has 2 bridgehead atoms. The first-order chi connectivity index (χ1) is 14.0. The molecule has 1 fully saturated rings. The second-order valence-corrected chi connectivity index (χ2v) is 7.61. The normalized spacial score (nSPS) is 22.6. The molecule has 29 heavy (non-hydrogen) atoms. The highest BCUT2D eigenvalue weighted by Gasteiger charge is 2.41. The zero-order valence-corrected chi connectivity index (χ0v) is 16.5. The van der Waals surface area contributed by atoms with E-state index in [1.54, 1.807) is 23.7 Å². The monoisotopic (exact) mass is 396 g/mol. The number of carbonyl (C=O) groups is 2. The lowest BCUT2D eigenvalue weighted by atomic mass is 9.78. The molecule has 152 valence electrons. The highest BCUT2D eigenvalue weighted by Crippen LogP contribution is 2.41. The smallest absolute Gasteiger partial charge is 0.257 e. The van der Waals surface area contributed by atoms with E-state index in [1.165, 1.54) is 19.3 Å². The van der Waals surface area contributed by atoms with Crippen LogP contribution in [-0.4, -0.2) is 57.9 Å². The lowest BCUT2D eigenvalue weighted by Gasteiger charge is -2.47. The lowest BCUT2D eigenvalue weighted by Crippen LogP contribution is -2.53. The zero-order valence-electron chi connectivity index (χ0n) is 16.5. The fourth-order valence-electron chi connectivity index (χ4n) is 4.47. The van der Waals surface area contributed by atoms with Gasteiger partial charge in [-0.3, -0.25) is 14.4 Å². The van der Waals surface area contributed by atoms with Crippen molar-refractivity contribution < 1.29 is 9.59 Å². The SMILES string of the molecule is CNc1ncc(C(=O)N2C[C@H]3C[C@@H](C2)[C@H](CNC(C)=O)n2c3cccc2=O)cn1. The van der Waals surface area contributed by atoms with Crippen LogP contribution in [0, 0.1) is 5.92 Å². The molecule has 9 nitrogen and oxygen atoms in total. The van der Waals surface area contributed by atoms with Crippen molar-refractivity contribution in [2.24, 2.45) is 5.92 Å². The summed E-state index contributed by atoms with van der Waals surface area (Å²) in [5.74, 6) is 0.364. The summed E-state index contributed by atoms with van der Waals surface area (Å²) < 4.78 is 1.81. The van der Waals surface area contributed by atoms with Gasteiger partial charge in [-0.25, -0.2) is 9.97 Å². The van der Waals surface area contributed by atoms with Gasteiger partial charge in [-0.05, 0) is 18.4 Å². The van der Waals surface area contributed by atoms with Crippen LogP contribution < -0.4 is 16.2 Å². The van der Waals surface area contributed by atoms with Gasteiger partial charge in [-0.2, -0.15) is 0 Å². The number of likely N-dealkylation sites (tertiary alicyclic amines) is 1. The Morgan fingerprint density at radius 3 is 2.66 bits per heavy atom. The summed E-state index contributed by atoms with van der Waals surface area (Å²) in [7, 11) is 1.72. The van der Waals surface area contributed by atoms with Gasteiger partial charge in [0.05, 0.1) is 11.6 Å². The molecule has 0 radical (unpaired) electrons. The van der Waals surface area contributed by atoms with E-state index < -0.39 is 0 Å². The quantitative estimate of drug-likeness (QED) is 0.784. The van der Waals surface area contributed by atoms with Gasteiger partial charge >= 0.3 is 0 Å². The average molecular weight is 396 g/mol. The van der Waals surface area contributed by atoms with Gasteiger partial charge in [0.25, 0.3) is 11.5 Å². The van der Waals surface area contributed by atoms with Crippen LogP contribution in [0.25, 0.3) is 0 Å². The number of hydrogen-bond donors (Lipinski definition) is 2. The number of fused-ring (bicyclic) bond motifs is 4. The molecule has 1 saturated heterocycles. The Kier molecular flexibility index (Phi) is 5.04. The van der Waals surface area contributed by atoms with Crippen LogP contribution >= 0.6 is 0 Å². The first kappa shape index (κ1) is 19.1. The number of piperidine rings is 1. The molecule has 0 unspecified atom stereocenters. The summed E-state index contributed by atoms with van der Waals surface area (Å²) in [5.41, 5.74) is 1.29. The molecule has 2 N–H and O–H groups in total. The van der Waals surface area contributed by atoms with E-state index in [1.807, 2.05) is 11.0 Å². The summed E-state index contributed by atoms with van der Waals surface area (Å²) in [5, 5.41) is 5.68. The fraction of sp³-hybridized carbons (Fsp3) is 0.450. The lowest BCUT2D eigenvalue weighted by molar-refractivity contribution is -0.119. The van der Waals surface area contributed by atoms with Crippen LogP contribution in [0.4, 0.5) is 5.95 Å². The van der Waals surface area contributed by atoms with Gasteiger partial charge in [0.15, 0.2) is 0 Å². The van der Waals surface area contributed by atoms with Crippen LogP contribution in [0.5, 0.6) is 0 Å². The number of amides is 2. The summed E-state index contributed by atoms with van der Waals surface area (Å²) in [4.78, 5) is 47.2. The molecule has 0 spiro atoms. The van der Waals surface area contributed by atoms with Crippen LogP contribution in [-0.2, 0) is 4.79 Å². The highest BCUT2D eigenvalue weighted by atomic mass is 16.2. The summed E-state index contributed by atoms with van der Waals surface area (Å²) in [6.45, 7) is 2.89. The Bertz CT molecular complexity index is 986. The molecule has 2 aliphatic heterocycles. The van der Waals surface area contributed by atoms with E-state index in [0.717, 1.165) is 12.1 Å². The van der Waals surface area contributed by atoms with Crippen molar-refractivity contribution in [3.8, 4) is 0 Å². The Labute approximate surface area is 168 Å². The number of rotatable bonds is 4. The number of nitrogens with zero attached hydrogens (tertiary/aromatic N) is 4. The highest BCUT2D eigenvalue weighted by molar-refractivity contribution is 5.93. The van der Waals surface area contributed by atoms with Gasteiger partial charge in [-0.1, -0.05) is 6.07 Å². The van der Waals surface area contributed by atoms with Crippen LogP contribution in [0.3, 0.4) is 0 Å². The van der Waals surface area contributed by atoms with E-state index in [0.29, 0.717) is 31.1 Å². The number of carbonyl (C=O) groups excluding carboxylic acids is 2. The summed E-state index contributed by atoms with van der Waals surface area (Å²) in [6, 6.07) is 5.07. The van der Waals surface area contributed by atoms with Gasteiger partial charge in [-0.15, -0.1) is 0 Å². The maximum absolute atomic E-state index is 13.1. The van der Waals surface area contributed by atoms with E-state index >= 15 is 0 Å². The zero-order chi connectivity index (χ0) is 20.5. The average Bonchev–Trinajstić information content (AvgIpc) is 2.73. The Morgan fingerprint density at radius 2 is 1.97 bits per heavy atom. The maximum Gasteiger partial charge on any atom is 0.257 e. The molecule has 4 heterocycles. The van der Waals surface area contributed by atoms with E-state index in [2.05, 4.69) is 20.6 Å². The minimum Gasteiger partial charge on any atom is -0.357 e. The first-order valence-electron chi connectivity index (χ1n) is 9.73. The second kappa shape index (κ2) is 7.65. The minimum absolute atomic E-state index is 0.0663. The third kappa shape index (κ3) is 3.59. The molecule has 3 atom stereocenters. The molecule has 4 rings (SSSR count). The maximum atomic E-state index is 13.1. The Balaban J connectivity index is 1.64. The molecule has 9 heteroatoms. The number of pyridine rings is 1. The first-order valence-corrected chi connectivity index (χ1v) is 9.73. The van der Waals surface area contributed by atoms with Crippen molar-refractivity contribution in [3.05, 3.63) is 52.2 Å². The van der Waals surface area contributed by atoms with Crippen molar-refractivity contribution in [2.75, 3.05) is 32.0 Å². The van der Waals surface area contributed by atoms with E-state index in [-0.39, 0.29) is 35.3 Å². The Hall–Kier alpha value is -3.23. The standard InChI is InChI=1S/C20H24N6O3/c1-12(27)22-9-17-14-6-13(16-4-3-5-18(28)26(16)17)10-25(11-14)19(29)15-7-23-20(21-2)24-8-15/h3-5,7-8,13-14,17H,6,9-11H2,1-2H3,(H,22,27)(H,21,23,24)/t13-,14+,17+/m1/s1. The van der Waals surface area contributed by atoms with Crippen molar-refractivity contribution in [3.63, 3.8) is 0 Å². The molecular weight excluding hydrogens is 372 g/mol. The van der Waals surface area contributed by atoms with Gasteiger partial charge in [0.2, 0.25) is 11.9 Å². The summed E-state index contributed by atoms with van der Waals surface area (Å²) >= 11 is 0. The molecule has 2 amide bonds. The van der Waals surface area contributed by atoms with Crippen LogP contribution in [0.15, 0.2) is 35.4 Å². The Morgan fingerprint density at radius 1 is 1.21 bits per heavy atom. The summed E-state index contributed by atoms with van der Waals surface area (Å²) in [6.07, 6.45) is 3.93. The molecule has 2 aromatic rings. The third-order valence-electron chi connectivity index (χ3n) is 5.77. The number of aromatic nitrogens is 3. The van der Waals surface area contributed by atoms with E-state index in [4.69, 9.17) is 0 Å². The second-order valence-electron chi connectivity index (χ2n) is 7.61. The molecule has 0 aliphatic carbocycles. The van der Waals surface area contributed by atoms with Crippen molar-refractivity contribution in [2.45, 2.75) is 25.3 Å². The van der Waals surface area contributed by atoms with Crippen LogP contribution in [0.2, 0.25) is 0 Å². The minimum atomic E-state index is -0.183. The largest absolute Gasteiger partial charge is 0.357 e. The molecule has 0 aromatic carbocycles. The predicted octanol–water partition coefficient (Wildman–Crippen LogP) is 0.617. The predicted molar refractivity (Wildman–Crippen MR) is 107 cm³/mol. The van der Waals surface area contributed by atoms with Crippen molar-refractivity contribution in [1.29, 1.82) is 0 Å². The number of nitrogens with one attached hydrogen (secondary N) is 2. The van der Waals surface area contributed by atoms with Gasteiger partial charge in [0.1, 0.15) is 0 Å². The molecule has 0 saturated carbocycles. The number of anilines is 1. The molecule has 2 aromatic heterocycles. The number of hydrogen-bond acceptors (Lipinski definition) is 6. The van der Waals surface area contributed by atoms with Gasteiger partial charge in [0, 0.05) is 63.7 Å². The van der Waals surface area contributed by atoms with E-state index in [9.17, 15) is 14.4 Å². The van der Waals surface area contributed by atoms with Crippen molar-refractivity contribution >= 4 is 17.8 Å². The fourth-order valence-corrected chi connectivity index (χ4v) is 4.47. The van der Waals surface area contributed by atoms with Crippen molar-refractivity contribution in [1.82, 2.24) is 24.8 Å². The molecule has 2 aliphatic rings. The van der Waals surface area contributed by atoms with Gasteiger partial charge < -0.3 is 20.1 Å². The molecular formula is C20H24N6O3.